The Labute approximate surface area is 103 Å². The second-order valence-electron chi connectivity index (χ2n) is 4.68. The van der Waals surface area contributed by atoms with E-state index in [1.165, 1.54) is 0 Å². The first-order valence-electron chi connectivity index (χ1n) is 6.33. The van der Waals surface area contributed by atoms with Crippen molar-refractivity contribution in [2.75, 3.05) is 13.1 Å². The highest BCUT2D eigenvalue weighted by atomic mass is 16.1. The molecule has 2 N–H and O–H groups in total. The zero-order valence-electron chi connectivity index (χ0n) is 10.3. The first kappa shape index (κ1) is 12.1. The number of hydrogen-bond donors (Lipinski definition) is 2. The third kappa shape index (κ3) is 3.30. The molecule has 3 nitrogen and oxygen atoms in total. The Morgan fingerprint density at radius 2 is 2.18 bits per heavy atom. The van der Waals surface area contributed by atoms with Gasteiger partial charge < -0.3 is 10.6 Å². The van der Waals surface area contributed by atoms with Crippen molar-refractivity contribution in [3.05, 3.63) is 35.9 Å². The molecule has 17 heavy (non-hydrogen) atoms. The van der Waals surface area contributed by atoms with Crippen molar-refractivity contribution in [3.63, 3.8) is 0 Å². The molecule has 2 atom stereocenters. The third-order valence-corrected chi connectivity index (χ3v) is 3.33. The molecular formula is C14H20N2O. The molecule has 1 fully saturated rings. The molecule has 0 bridgehead atoms. The highest BCUT2D eigenvalue weighted by Crippen LogP contribution is 2.15. The van der Waals surface area contributed by atoms with Crippen LogP contribution in [-0.2, 0) is 4.79 Å². The molecule has 1 amide bonds. The summed E-state index contributed by atoms with van der Waals surface area (Å²) in [4.78, 5) is 12.0. The van der Waals surface area contributed by atoms with Crippen molar-refractivity contribution < 1.29 is 4.79 Å². The predicted octanol–water partition coefficient (Wildman–Crippen LogP) is 1.86. The normalized spacial score (nSPS) is 21.8. The number of nitrogens with one attached hydrogen (secondary N) is 2. The molecule has 0 spiro atoms. The molecule has 3 heteroatoms. The van der Waals surface area contributed by atoms with Gasteiger partial charge in [0.25, 0.3) is 0 Å². The lowest BCUT2D eigenvalue weighted by Gasteiger charge is -2.24. The molecule has 2 rings (SSSR count). The number of benzene rings is 1. The number of carbonyl (C=O) groups excluding carboxylic acids is 1. The molecule has 1 aromatic carbocycles. The molecule has 1 aliphatic rings. The van der Waals surface area contributed by atoms with E-state index in [0.29, 0.717) is 0 Å². The third-order valence-electron chi connectivity index (χ3n) is 3.33. The van der Waals surface area contributed by atoms with Crippen LogP contribution in [0, 0.1) is 5.92 Å². The number of hydrogen-bond acceptors (Lipinski definition) is 2. The number of rotatable bonds is 3. The van der Waals surface area contributed by atoms with Crippen molar-refractivity contribution in [3.8, 4) is 0 Å². The summed E-state index contributed by atoms with van der Waals surface area (Å²) in [5.41, 5.74) is 1.16. The van der Waals surface area contributed by atoms with Crippen LogP contribution in [0.5, 0.6) is 0 Å². The Morgan fingerprint density at radius 3 is 2.82 bits per heavy atom. The first-order chi connectivity index (χ1) is 8.27. The van der Waals surface area contributed by atoms with Gasteiger partial charge in [0.15, 0.2) is 0 Å². The lowest BCUT2D eigenvalue weighted by molar-refractivity contribution is -0.126. The van der Waals surface area contributed by atoms with Crippen molar-refractivity contribution in [1.82, 2.24) is 10.6 Å². The zero-order valence-corrected chi connectivity index (χ0v) is 10.3. The predicted molar refractivity (Wildman–Crippen MR) is 68.6 cm³/mol. The molecule has 1 saturated heterocycles. The molecule has 1 heterocycles. The van der Waals surface area contributed by atoms with Crippen LogP contribution < -0.4 is 10.6 Å². The van der Waals surface area contributed by atoms with Crippen molar-refractivity contribution >= 4 is 5.91 Å². The molecule has 0 radical (unpaired) electrons. The Morgan fingerprint density at radius 1 is 1.41 bits per heavy atom. The zero-order chi connectivity index (χ0) is 12.1. The largest absolute Gasteiger partial charge is 0.349 e. The van der Waals surface area contributed by atoms with E-state index >= 15 is 0 Å². The van der Waals surface area contributed by atoms with Crippen molar-refractivity contribution in [2.24, 2.45) is 5.92 Å². The lowest BCUT2D eigenvalue weighted by atomic mass is 9.98. The van der Waals surface area contributed by atoms with Crippen molar-refractivity contribution in [2.45, 2.75) is 25.8 Å². The van der Waals surface area contributed by atoms with Gasteiger partial charge in [0.1, 0.15) is 0 Å². The summed E-state index contributed by atoms with van der Waals surface area (Å²) in [6, 6.07) is 10.2. The number of piperidine rings is 1. The summed E-state index contributed by atoms with van der Waals surface area (Å²) >= 11 is 0. The van der Waals surface area contributed by atoms with Gasteiger partial charge in [-0.2, -0.15) is 0 Å². The van der Waals surface area contributed by atoms with Crippen LogP contribution in [0.2, 0.25) is 0 Å². The van der Waals surface area contributed by atoms with Crippen LogP contribution >= 0.6 is 0 Å². The Kier molecular flexibility index (Phi) is 4.15. The molecule has 1 aliphatic heterocycles. The van der Waals surface area contributed by atoms with Gasteiger partial charge in [0.2, 0.25) is 5.91 Å². The summed E-state index contributed by atoms with van der Waals surface area (Å²) < 4.78 is 0. The maximum Gasteiger partial charge on any atom is 0.224 e. The van der Waals surface area contributed by atoms with E-state index in [-0.39, 0.29) is 17.9 Å². The van der Waals surface area contributed by atoms with Crippen LogP contribution in [0.25, 0.3) is 0 Å². The molecule has 1 aromatic rings. The van der Waals surface area contributed by atoms with Gasteiger partial charge >= 0.3 is 0 Å². The Balaban J connectivity index is 1.89. The quantitative estimate of drug-likeness (QED) is 0.835. The van der Waals surface area contributed by atoms with E-state index in [2.05, 4.69) is 10.6 Å². The fourth-order valence-electron chi connectivity index (χ4n) is 2.23. The van der Waals surface area contributed by atoms with Gasteiger partial charge in [0, 0.05) is 6.54 Å². The van der Waals surface area contributed by atoms with E-state index in [4.69, 9.17) is 0 Å². The highest BCUT2D eigenvalue weighted by molar-refractivity contribution is 5.79. The van der Waals surface area contributed by atoms with Crippen LogP contribution in [0.4, 0.5) is 0 Å². The van der Waals surface area contributed by atoms with Gasteiger partial charge in [-0.25, -0.2) is 0 Å². The van der Waals surface area contributed by atoms with E-state index in [1.807, 2.05) is 37.3 Å². The summed E-state index contributed by atoms with van der Waals surface area (Å²) in [5.74, 6) is 0.309. The van der Waals surface area contributed by atoms with E-state index in [0.717, 1.165) is 31.5 Å². The second-order valence-corrected chi connectivity index (χ2v) is 4.68. The molecule has 92 valence electrons. The lowest BCUT2D eigenvalue weighted by Crippen LogP contribution is -2.41. The summed E-state index contributed by atoms with van der Waals surface area (Å²) in [7, 11) is 0. The maximum absolute atomic E-state index is 12.0. The average Bonchev–Trinajstić information content (AvgIpc) is 2.40. The minimum atomic E-state index is 0.0885. The van der Waals surface area contributed by atoms with E-state index in [9.17, 15) is 4.79 Å². The van der Waals surface area contributed by atoms with Gasteiger partial charge in [-0.05, 0) is 31.9 Å². The average molecular weight is 232 g/mol. The first-order valence-corrected chi connectivity index (χ1v) is 6.33. The van der Waals surface area contributed by atoms with Crippen LogP contribution in [0.3, 0.4) is 0 Å². The summed E-state index contributed by atoms with van der Waals surface area (Å²) in [5, 5.41) is 6.35. The molecule has 0 unspecified atom stereocenters. The highest BCUT2D eigenvalue weighted by Gasteiger charge is 2.22. The molecule has 0 aromatic heterocycles. The van der Waals surface area contributed by atoms with Crippen LogP contribution in [-0.4, -0.2) is 19.0 Å². The second kappa shape index (κ2) is 5.82. The van der Waals surface area contributed by atoms with E-state index < -0.39 is 0 Å². The molecular weight excluding hydrogens is 212 g/mol. The van der Waals surface area contributed by atoms with Gasteiger partial charge in [-0.1, -0.05) is 30.3 Å². The topological polar surface area (TPSA) is 41.1 Å². The summed E-state index contributed by atoms with van der Waals surface area (Å²) in [6.07, 6.45) is 2.10. The molecule has 0 saturated carbocycles. The van der Waals surface area contributed by atoms with E-state index in [1.54, 1.807) is 0 Å². The number of amides is 1. The maximum atomic E-state index is 12.0. The van der Waals surface area contributed by atoms with Crippen LogP contribution in [0.15, 0.2) is 30.3 Å². The Bertz CT molecular complexity index is 358. The van der Waals surface area contributed by atoms with Gasteiger partial charge in [-0.3, -0.25) is 4.79 Å². The van der Waals surface area contributed by atoms with Crippen LogP contribution in [0.1, 0.15) is 31.4 Å². The smallest absolute Gasteiger partial charge is 0.224 e. The fourth-order valence-corrected chi connectivity index (χ4v) is 2.23. The monoisotopic (exact) mass is 232 g/mol. The standard InChI is InChI=1S/C14H20N2O/c1-11(12-6-3-2-4-7-12)16-14(17)13-8-5-9-15-10-13/h2-4,6-7,11,13,15H,5,8-10H2,1H3,(H,16,17)/t11-,13-/m0/s1. The van der Waals surface area contributed by atoms with Crippen molar-refractivity contribution in [1.29, 1.82) is 0 Å². The minimum Gasteiger partial charge on any atom is -0.349 e. The summed E-state index contributed by atoms with van der Waals surface area (Å²) in [6.45, 7) is 3.88. The SMILES string of the molecule is C[C@H](NC(=O)[C@H]1CCCNC1)c1ccccc1. The molecule has 0 aliphatic carbocycles. The van der Waals surface area contributed by atoms with Gasteiger partial charge in [0.05, 0.1) is 12.0 Å². The number of carbonyl (C=O) groups is 1. The minimum absolute atomic E-state index is 0.0885. The fraction of sp³-hybridized carbons (Fsp3) is 0.500. The van der Waals surface area contributed by atoms with Gasteiger partial charge in [-0.15, -0.1) is 0 Å². The Hall–Kier alpha value is -1.35.